The molecule has 0 saturated heterocycles. The van der Waals surface area contributed by atoms with Gasteiger partial charge >= 0.3 is 11.9 Å². The van der Waals surface area contributed by atoms with E-state index in [0.29, 0.717) is 16.9 Å². The van der Waals surface area contributed by atoms with Crippen LogP contribution in [-0.2, 0) is 16.0 Å². The fourth-order valence-corrected chi connectivity index (χ4v) is 2.14. The summed E-state index contributed by atoms with van der Waals surface area (Å²) in [6, 6.07) is 10.6. The van der Waals surface area contributed by atoms with Crippen LogP contribution in [0.5, 0.6) is 5.75 Å². The van der Waals surface area contributed by atoms with Crippen LogP contribution in [0.3, 0.4) is 0 Å². The third-order valence-corrected chi connectivity index (χ3v) is 3.42. The van der Waals surface area contributed by atoms with Crippen LogP contribution in [0.1, 0.15) is 28.8 Å². The number of benzene rings is 2. The van der Waals surface area contributed by atoms with Crippen LogP contribution in [0.2, 0.25) is 0 Å². The number of hydrogen-bond acceptors (Lipinski definition) is 6. The number of carboxylic acids is 2. The molecule has 0 aliphatic rings. The molecule has 0 unspecified atom stereocenters. The van der Waals surface area contributed by atoms with Crippen molar-refractivity contribution in [2.24, 2.45) is 10.2 Å². The number of rotatable bonds is 8. The molecule has 2 aromatic rings. The van der Waals surface area contributed by atoms with Crippen molar-refractivity contribution in [3.8, 4) is 5.75 Å². The van der Waals surface area contributed by atoms with E-state index in [4.69, 9.17) is 10.2 Å². The number of aliphatic carboxylic acids is 2. The van der Waals surface area contributed by atoms with Gasteiger partial charge in [0, 0.05) is 6.42 Å². The number of phenolic OH excluding ortho intramolecular Hbond substituents is 1. The van der Waals surface area contributed by atoms with Gasteiger partial charge in [-0.3, -0.25) is 14.4 Å². The molecule has 2 aromatic carbocycles. The Kier molecular flexibility index (Phi) is 6.15. The Hall–Kier alpha value is -3.55. The molecule has 0 heterocycles. The average molecular weight is 356 g/mol. The number of carbonyl (C=O) groups excluding carboxylic acids is 1. The fraction of sp³-hybridized carbons (Fsp3) is 0.167. The average Bonchev–Trinajstić information content (AvgIpc) is 2.59. The van der Waals surface area contributed by atoms with Gasteiger partial charge in [-0.25, -0.2) is 0 Å². The zero-order chi connectivity index (χ0) is 19.1. The predicted molar refractivity (Wildman–Crippen MR) is 91.3 cm³/mol. The van der Waals surface area contributed by atoms with E-state index in [9.17, 15) is 19.5 Å². The summed E-state index contributed by atoms with van der Waals surface area (Å²) >= 11 is 0. The largest absolute Gasteiger partial charge is 0.507 e. The van der Waals surface area contributed by atoms with Crippen molar-refractivity contribution in [1.29, 1.82) is 0 Å². The Morgan fingerprint density at radius 2 is 1.42 bits per heavy atom. The quantitative estimate of drug-likeness (QED) is 0.489. The lowest BCUT2D eigenvalue weighted by atomic mass is 10.0. The first-order chi connectivity index (χ1) is 12.3. The number of Topliss-reactive ketones (excluding diaryl/α,β-unsaturated/α-hetero) is 1. The van der Waals surface area contributed by atoms with Crippen LogP contribution < -0.4 is 0 Å². The SMILES string of the molecule is O=C(O)CCC(=O)c1cc(N=Nc2ccc(CC(=O)O)cc2)ccc1O. The second-order valence-corrected chi connectivity index (χ2v) is 5.46. The summed E-state index contributed by atoms with van der Waals surface area (Å²) < 4.78 is 0. The second-order valence-electron chi connectivity index (χ2n) is 5.46. The molecule has 8 nitrogen and oxygen atoms in total. The van der Waals surface area contributed by atoms with Gasteiger partial charge in [-0.15, -0.1) is 0 Å². The van der Waals surface area contributed by atoms with Gasteiger partial charge in [0.1, 0.15) is 5.75 Å². The maximum Gasteiger partial charge on any atom is 0.307 e. The number of aromatic hydroxyl groups is 1. The summed E-state index contributed by atoms with van der Waals surface area (Å²) in [6.45, 7) is 0. The van der Waals surface area contributed by atoms with Gasteiger partial charge in [-0.2, -0.15) is 10.2 Å². The van der Waals surface area contributed by atoms with E-state index in [-0.39, 0.29) is 30.6 Å². The van der Waals surface area contributed by atoms with Gasteiger partial charge in [0.25, 0.3) is 0 Å². The minimum atomic E-state index is -1.10. The first-order valence-corrected chi connectivity index (χ1v) is 7.65. The van der Waals surface area contributed by atoms with Crippen LogP contribution in [0.15, 0.2) is 52.7 Å². The molecule has 134 valence electrons. The number of azo groups is 1. The van der Waals surface area contributed by atoms with Crippen molar-refractivity contribution in [3.05, 3.63) is 53.6 Å². The Bertz CT molecular complexity index is 858. The number of hydrogen-bond donors (Lipinski definition) is 3. The molecule has 0 radical (unpaired) electrons. The molecule has 26 heavy (non-hydrogen) atoms. The molecule has 3 N–H and O–H groups in total. The Morgan fingerprint density at radius 1 is 0.808 bits per heavy atom. The van der Waals surface area contributed by atoms with E-state index >= 15 is 0 Å². The number of ketones is 1. The molecule has 0 aliphatic heterocycles. The first-order valence-electron chi connectivity index (χ1n) is 7.65. The topological polar surface area (TPSA) is 137 Å². The van der Waals surface area contributed by atoms with Crippen molar-refractivity contribution in [3.63, 3.8) is 0 Å². The molecular weight excluding hydrogens is 340 g/mol. The van der Waals surface area contributed by atoms with Crippen LogP contribution in [0.4, 0.5) is 11.4 Å². The van der Waals surface area contributed by atoms with E-state index < -0.39 is 17.7 Å². The van der Waals surface area contributed by atoms with Crippen molar-refractivity contribution in [2.45, 2.75) is 19.3 Å². The van der Waals surface area contributed by atoms with Gasteiger partial charge in [0.2, 0.25) is 0 Å². The lowest BCUT2D eigenvalue weighted by Gasteiger charge is -2.04. The monoisotopic (exact) mass is 356 g/mol. The molecule has 0 spiro atoms. The van der Waals surface area contributed by atoms with Crippen LogP contribution in [0.25, 0.3) is 0 Å². The minimum Gasteiger partial charge on any atom is -0.507 e. The normalized spacial score (nSPS) is 10.8. The number of phenols is 1. The van der Waals surface area contributed by atoms with E-state index in [1.165, 1.54) is 18.2 Å². The fourth-order valence-electron chi connectivity index (χ4n) is 2.14. The molecule has 0 atom stereocenters. The van der Waals surface area contributed by atoms with Crippen molar-refractivity contribution >= 4 is 29.1 Å². The zero-order valence-corrected chi connectivity index (χ0v) is 13.6. The molecule has 0 bridgehead atoms. The highest BCUT2D eigenvalue weighted by Crippen LogP contribution is 2.26. The van der Waals surface area contributed by atoms with Crippen LogP contribution in [0, 0.1) is 0 Å². The van der Waals surface area contributed by atoms with E-state index in [1.54, 1.807) is 24.3 Å². The highest BCUT2D eigenvalue weighted by Gasteiger charge is 2.13. The lowest BCUT2D eigenvalue weighted by Crippen LogP contribution is -2.03. The summed E-state index contributed by atoms with van der Waals surface area (Å²) in [7, 11) is 0. The Morgan fingerprint density at radius 3 is 2.04 bits per heavy atom. The van der Waals surface area contributed by atoms with E-state index in [2.05, 4.69) is 10.2 Å². The minimum absolute atomic E-state index is 0.0143. The number of nitrogens with zero attached hydrogens (tertiary/aromatic N) is 2. The standard InChI is InChI=1S/C18H16N2O6/c21-15-6-5-13(10-14(15)16(22)7-8-17(23)24)20-19-12-3-1-11(2-4-12)9-18(25)26/h1-6,10,21H,7-9H2,(H,23,24)(H,25,26). The zero-order valence-electron chi connectivity index (χ0n) is 13.6. The molecular formula is C18H16N2O6. The molecule has 0 amide bonds. The van der Waals surface area contributed by atoms with Crippen molar-refractivity contribution in [1.82, 2.24) is 0 Å². The number of carboxylic acid groups (broad SMARTS) is 2. The molecule has 0 aliphatic carbocycles. The Balaban J connectivity index is 2.12. The number of carbonyl (C=O) groups is 3. The third-order valence-electron chi connectivity index (χ3n) is 3.42. The van der Waals surface area contributed by atoms with Crippen LogP contribution >= 0.6 is 0 Å². The molecule has 2 rings (SSSR count). The summed E-state index contributed by atoms with van der Waals surface area (Å²) in [5, 5.41) is 35.1. The van der Waals surface area contributed by atoms with E-state index in [0.717, 1.165) is 0 Å². The smallest absolute Gasteiger partial charge is 0.307 e. The maximum atomic E-state index is 12.0. The maximum absolute atomic E-state index is 12.0. The predicted octanol–water partition coefficient (Wildman–Crippen LogP) is 3.48. The summed E-state index contributed by atoms with van der Waals surface area (Å²) in [5.74, 6) is -2.78. The molecule has 0 saturated carbocycles. The summed E-state index contributed by atoms with van der Waals surface area (Å²) in [4.78, 5) is 33.2. The highest BCUT2D eigenvalue weighted by atomic mass is 16.4. The van der Waals surface area contributed by atoms with Gasteiger partial charge < -0.3 is 15.3 Å². The van der Waals surface area contributed by atoms with Gasteiger partial charge in [0.05, 0.1) is 29.8 Å². The van der Waals surface area contributed by atoms with Gasteiger partial charge in [-0.1, -0.05) is 12.1 Å². The summed E-state index contributed by atoms with van der Waals surface area (Å²) in [6.07, 6.45) is -0.640. The second kappa shape index (κ2) is 8.52. The lowest BCUT2D eigenvalue weighted by molar-refractivity contribution is -0.137. The van der Waals surface area contributed by atoms with Crippen molar-refractivity contribution in [2.75, 3.05) is 0 Å². The first kappa shape index (κ1) is 18.8. The van der Waals surface area contributed by atoms with Gasteiger partial charge in [-0.05, 0) is 35.9 Å². The molecule has 8 heteroatoms. The van der Waals surface area contributed by atoms with Gasteiger partial charge in [0.15, 0.2) is 5.78 Å². The highest BCUT2D eigenvalue weighted by molar-refractivity contribution is 6.00. The third kappa shape index (κ3) is 5.52. The molecule has 0 fully saturated rings. The summed E-state index contributed by atoms with van der Waals surface area (Å²) in [5.41, 5.74) is 1.42. The van der Waals surface area contributed by atoms with Crippen molar-refractivity contribution < 1.29 is 29.7 Å². The van der Waals surface area contributed by atoms with Crippen LogP contribution in [-0.4, -0.2) is 33.0 Å². The molecule has 0 aromatic heterocycles. The van der Waals surface area contributed by atoms with E-state index in [1.807, 2.05) is 0 Å². The Labute approximate surface area is 148 Å².